The summed E-state index contributed by atoms with van der Waals surface area (Å²) in [5.41, 5.74) is 0. The lowest BCUT2D eigenvalue weighted by Crippen LogP contribution is -2.30. The van der Waals surface area contributed by atoms with Gasteiger partial charge in [-0.15, -0.1) is 0 Å². The zero-order valence-electron chi connectivity index (χ0n) is 35.2. The summed E-state index contributed by atoms with van der Waals surface area (Å²) in [5, 5.41) is 0. The average molecular weight is 755 g/mol. The molecular weight excluding hydrogens is 673 g/mol. The maximum atomic E-state index is 12.7. The van der Waals surface area contributed by atoms with Crippen molar-refractivity contribution < 1.29 is 28.6 Å². The Morgan fingerprint density at radius 1 is 0.389 bits per heavy atom. The Morgan fingerprint density at radius 2 is 0.722 bits per heavy atom. The van der Waals surface area contributed by atoms with Crippen molar-refractivity contribution in [3.63, 3.8) is 0 Å². The maximum absolute atomic E-state index is 12.7. The molecule has 1 atom stereocenters. The number of carbonyl (C=O) groups is 3. The van der Waals surface area contributed by atoms with Crippen LogP contribution in [0.1, 0.15) is 207 Å². The van der Waals surface area contributed by atoms with Crippen LogP contribution < -0.4 is 0 Å². The van der Waals surface area contributed by atoms with Crippen LogP contribution in [-0.2, 0) is 28.6 Å². The first-order chi connectivity index (χ1) is 26.5. The smallest absolute Gasteiger partial charge is 0.306 e. The van der Waals surface area contributed by atoms with Crippen molar-refractivity contribution in [1.29, 1.82) is 0 Å². The number of ether oxygens (including phenoxy) is 3. The summed E-state index contributed by atoms with van der Waals surface area (Å²) in [6, 6.07) is 0. The summed E-state index contributed by atoms with van der Waals surface area (Å²) < 4.78 is 16.6. The second-order valence-corrected chi connectivity index (χ2v) is 14.5. The quantitative estimate of drug-likeness (QED) is 0.0269. The normalized spacial score (nSPS) is 12.6. The summed E-state index contributed by atoms with van der Waals surface area (Å²) in [4.78, 5) is 37.6. The SMILES string of the molecule is CC/C=C\C/C=C\C/C=C\CCCCC(=O)OC(COC(=O)CCCC/C=C\C/C=C\CC)COC(=O)CCCCCCCCCCCCCCCCC. The second-order valence-electron chi connectivity index (χ2n) is 14.5. The molecule has 0 bridgehead atoms. The van der Waals surface area contributed by atoms with Gasteiger partial charge in [0.1, 0.15) is 13.2 Å². The van der Waals surface area contributed by atoms with E-state index < -0.39 is 6.10 Å². The number of hydrogen-bond donors (Lipinski definition) is 0. The van der Waals surface area contributed by atoms with Gasteiger partial charge in [-0.25, -0.2) is 0 Å². The topological polar surface area (TPSA) is 78.9 Å². The molecule has 0 saturated heterocycles. The molecule has 6 nitrogen and oxygen atoms in total. The lowest BCUT2D eigenvalue weighted by Gasteiger charge is -2.18. The molecule has 0 radical (unpaired) electrons. The van der Waals surface area contributed by atoms with Crippen molar-refractivity contribution in [2.75, 3.05) is 13.2 Å². The molecule has 6 heteroatoms. The van der Waals surface area contributed by atoms with E-state index >= 15 is 0 Å². The summed E-state index contributed by atoms with van der Waals surface area (Å²) in [7, 11) is 0. The molecule has 0 aliphatic carbocycles. The predicted molar refractivity (Wildman–Crippen MR) is 228 cm³/mol. The average Bonchev–Trinajstić information content (AvgIpc) is 3.17. The van der Waals surface area contributed by atoms with Crippen LogP contribution >= 0.6 is 0 Å². The maximum Gasteiger partial charge on any atom is 0.306 e. The zero-order chi connectivity index (χ0) is 39.4. The van der Waals surface area contributed by atoms with Gasteiger partial charge in [-0.1, -0.05) is 171 Å². The van der Waals surface area contributed by atoms with Crippen LogP contribution in [0.4, 0.5) is 0 Å². The first-order valence-corrected chi connectivity index (χ1v) is 22.3. The first-order valence-electron chi connectivity index (χ1n) is 22.3. The molecule has 0 aromatic heterocycles. The molecule has 0 rings (SSSR count). The number of hydrogen-bond acceptors (Lipinski definition) is 6. The molecule has 0 fully saturated rings. The van der Waals surface area contributed by atoms with E-state index in [0.29, 0.717) is 19.3 Å². The molecule has 0 aliphatic rings. The number of rotatable bonds is 39. The molecule has 0 heterocycles. The molecular formula is C48H82O6. The van der Waals surface area contributed by atoms with E-state index in [0.717, 1.165) is 83.5 Å². The van der Waals surface area contributed by atoms with Gasteiger partial charge in [-0.05, 0) is 77.0 Å². The van der Waals surface area contributed by atoms with Gasteiger partial charge in [0.05, 0.1) is 0 Å². The molecule has 0 aliphatic heterocycles. The van der Waals surface area contributed by atoms with Gasteiger partial charge in [-0.2, -0.15) is 0 Å². The fraction of sp³-hybridized carbons (Fsp3) is 0.729. The Balaban J connectivity index is 4.41. The second kappa shape index (κ2) is 42.8. The third-order valence-corrected chi connectivity index (χ3v) is 9.27. The van der Waals surface area contributed by atoms with Gasteiger partial charge in [0.2, 0.25) is 0 Å². The van der Waals surface area contributed by atoms with Crippen LogP contribution in [0.15, 0.2) is 60.8 Å². The first kappa shape index (κ1) is 51.1. The largest absolute Gasteiger partial charge is 0.462 e. The standard InChI is InChI=1S/C48H82O6/c1-4-7-10-13-16-19-21-23-24-25-27-29-32-35-38-41-47(50)53-44-45(43-52-46(49)40-37-34-31-28-18-15-12-9-6-3)54-48(51)42-39-36-33-30-26-22-20-17-14-11-8-5-2/h8-9,11-12,17-18,20,26,28,30,45H,4-7,10,13-16,19,21-25,27,29,31-44H2,1-3H3/b11-8-,12-9-,20-17-,28-18-,30-26-. The summed E-state index contributed by atoms with van der Waals surface area (Å²) in [6.45, 7) is 6.32. The molecule has 310 valence electrons. The Hall–Kier alpha value is -2.89. The van der Waals surface area contributed by atoms with E-state index in [1.807, 2.05) is 0 Å². The van der Waals surface area contributed by atoms with Gasteiger partial charge in [0, 0.05) is 19.3 Å². The number of allylic oxidation sites excluding steroid dienone is 10. The Morgan fingerprint density at radius 3 is 1.13 bits per heavy atom. The highest BCUT2D eigenvalue weighted by atomic mass is 16.6. The highest BCUT2D eigenvalue weighted by Gasteiger charge is 2.19. The zero-order valence-corrected chi connectivity index (χ0v) is 35.2. The fourth-order valence-electron chi connectivity index (χ4n) is 5.96. The van der Waals surface area contributed by atoms with Crippen LogP contribution in [-0.4, -0.2) is 37.2 Å². The van der Waals surface area contributed by atoms with Crippen molar-refractivity contribution in [3.05, 3.63) is 60.8 Å². The third-order valence-electron chi connectivity index (χ3n) is 9.27. The number of unbranched alkanes of at least 4 members (excludes halogenated alkanes) is 18. The molecule has 0 aromatic rings. The predicted octanol–water partition coefficient (Wildman–Crippen LogP) is 14.1. The van der Waals surface area contributed by atoms with E-state index in [4.69, 9.17) is 14.2 Å². The molecule has 0 N–H and O–H groups in total. The Bertz CT molecular complexity index is 1010. The lowest BCUT2D eigenvalue weighted by molar-refractivity contribution is -0.167. The molecule has 54 heavy (non-hydrogen) atoms. The van der Waals surface area contributed by atoms with Crippen molar-refractivity contribution in [2.24, 2.45) is 0 Å². The van der Waals surface area contributed by atoms with Gasteiger partial charge >= 0.3 is 17.9 Å². The van der Waals surface area contributed by atoms with Crippen LogP contribution in [0.5, 0.6) is 0 Å². The molecule has 0 amide bonds. The Labute approximate surface area is 332 Å². The van der Waals surface area contributed by atoms with Crippen LogP contribution in [0.3, 0.4) is 0 Å². The van der Waals surface area contributed by atoms with E-state index in [1.165, 1.54) is 77.0 Å². The van der Waals surface area contributed by atoms with Crippen LogP contribution in [0.2, 0.25) is 0 Å². The number of carbonyl (C=O) groups excluding carboxylic acids is 3. The molecule has 0 aromatic carbocycles. The minimum Gasteiger partial charge on any atom is -0.462 e. The van der Waals surface area contributed by atoms with E-state index in [1.54, 1.807) is 0 Å². The molecule has 0 spiro atoms. The summed E-state index contributed by atoms with van der Waals surface area (Å²) in [6.07, 6.45) is 50.8. The van der Waals surface area contributed by atoms with Gasteiger partial charge in [0.15, 0.2) is 6.10 Å². The lowest BCUT2D eigenvalue weighted by atomic mass is 10.0. The third kappa shape index (κ3) is 40.3. The van der Waals surface area contributed by atoms with Crippen molar-refractivity contribution in [1.82, 2.24) is 0 Å². The monoisotopic (exact) mass is 755 g/mol. The summed E-state index contributed by atoms with van der Waals surface area (Å²) in [5.74, 6) is -0.981. The molecule has 1 unspecified atom stereocenters. The van der Waals surface area contributed by atoms with Crippen LogP contribution in [0.25, 0.3) is 0 Å². The van der Waals surface area contributed by atoms with Gasteiger partial charge < -0.3 is 14.2 Å². The molecule has 0 saturated carbocycles. The van der Waals surface area contributed by atoms with Crippen molar-refractivity contribution in [3.8, 4) is 0 Å². The summed E-state index contributed by atoms with van der Waals surface area (Å²) >= 11 is 0. The Kier molecular flexibility index (Phi) is 40.6. The van der Waals surface area contributed by atoms with Crippen molar-refractivity contribution >= 4 is 17.9 Å². The van der Waals surface area contributed by atoms with Crippen molar-refractivity contribution in [2.45, 2.75) is 213 Å². The van der Waals surface area contributed by atoms with Gasteiger partial charge in [-0.3, -0.25) is 14.4 Å². The fourth-order valence-corrected chi connectivity index (χ4v) is 5.96. The number of esters is 3. The van der Waals surface area contributed by atoms with Gasteiger partial charge in [0.25, 0.3) is 0 Å². The highest BCUT2D eigenvalue weighted by molar-refractivity contribution is 5.71. The highest BCUT2D eigenvalue weighted by Crippen LogP contribution is 2.14. The van der Waals surface area contributed by atoms with E-state index in [-0.39, 0.29) is 37.5 Å². The van der Waals surface area contributed by atoms with Crippen LogP contribution in [0, 0.1) is 0 Å². The van der Waals surface area contributed by atoms with E-state index in [9.17, 15) is 14.4 Å². The van der Waals surface area contributed by atoms with E-state index in [2.05, 4.69) is 81.5 Å². The minimum absolute atomic E-state index is 0.0989. The minimum atomic E-state index is -0.801.